The van der Waals surface area contributed by atoms with E-state index in [4.69, 9.17) is 33.7 Å². The molecule has 0 aromatic heterocycles. The predicted molar refractivity (Wildman–Crippen MR) is 83.3 cm³/mol. The highest BCUT2D eigenvalue weighted by molar-refractivity contribution is 7.89. The summed E-state index contributed by atoms with van der Waals surface area (Å²) in [5, 5.41) is 0.303. The van der Waals surface area contributed by atoms with E-state index in [0.29, 0.717) is 26.1 Å². The van der Waals surface area contributed by atoms with E-state index in [0.717, 1.165) is 0 Å². The Kier molecular flexibility index (Phi) is 5.34. The molecule has 1 aromatic rings. The molecule has 1 fully saturated rings. The second-order valence-electron chi connectivity index (χ2n) is 5.16. The first kappa shape index (κ1) is 17.5. The lowest BCUT2D eigenvalue weighted by atomic mass is 9.80. The molecular formula is C13H16Cl2N2O4S. The van der Waals surface area contributed by atoms with Crippen molar-refractivity contribution in [2.24, 2.45) is 11.1 Å². The van der Waals surface area contributed by atoms with Crippen molar-refractivity contribution in [3.8, 4) is 0 Å². The maximum absolute atomic E-state index is 12.4. The number of rotatable bonds is 5. The minimum atomic E-state index is -3.90. The Morgan fingerprint density at radius 1 is 1.32 bits per heavy atom. The molecule has 122 valence electrons. The summed E-state index contributed by atoms with van der Waals surface area (Å²) in [6.45, 7) is 0.627. The molecule has 1 aliphatic rings. The Hall–Kier alpha value is -0.860. The summed E-state index contributed by atoms with van der Waals surface area (Å²) < 4.78 is 32.4. The molecule has 9 heteroatoms. The summed E-state index contributed by atoms with van der Waals surface area (Å²) in [4.78, 5) is 11.6. The van der Waals surface area contributed by atoms with Crippen LogP contribution in [0.2, 0.25) is 10.0 Å². The van der Waals surface area contributed by atoms with Crippen LogP contribution in [0.5, 0.6) is 0 Å². The number of nitrogens with two attached hydrogens (primary N) is 1. The van der Waals surface area contributed by atoms with Gasteiger partial charge in [0.25, 0.3) is 0 Å². The Morgan fingerprint density at radius 3 is 2.55 bits per heavy atom. The number of carbonyl (C=O) groups is 1. The van der Waals surface area contributed by atoms with E-state index in [2.05, 4.69) is 4.72 Å². The maximum Gasteiger partial charge on any atom is 0.242 e. The zero-order valence-electron chi connectivity index (χ0n) is 11.6. The van der Waals surface area contributed by atoms with E-state index in [9.17, 15) is 13.2 Å². The number of hydrogen-bond donors (Lipinski definition) is 2. The van der Waals surface area contributed by atoms with Gasteiger partial charge < -0.3 is 10.5 Å². The molecule has 1 aliphatic heterocycles. The molecule has 1 aromatic carbocycles. The van der Waals surface area contributed by atoms with Gasteiger partial charge in [-0.1, -0.05) is 23.2 Å². The number of hydrogen-bond acceptors (Lipinski definition) is 4. The smallest absolute Gasteiger partial charge is 0.242 e. The van der Waals surface area contributed by atoms with Crippen molar-refractivity contribution >= 4 is 39.1 Å². The molecule has 22 heavy (non-hydrogen) atoms. The standard InChI is InChI=1S/C13H16Cl2N2O4S/c14-9-1-2-10(15)11(7-9)22(19,20)17-8-13(12(16)18)3-5-21-6-4-13/h1-2,7,17H,3-6,8H2,(H2,16,18). The van der Waals surface area contributed by atoms with Gasteiger partial charge in [0.2, 0.25) is 15.9 Å². The quantitative estimate of drug-likeness (QED) is 0.825. The lowest BCUT2D eigenvalue weighted by molar-refractivity contribution is -0.132. The molecule has 1 saturated heterocycles. The fourth-order valence-electron chi connectivity index (χ4n) is 2.27. The van der Waals surface area contributed by atoms with Gasteiger partial charge in [0.05, 0.1) is 10.4 Å². The SMILES string of the molecule is NC(=O)C1(CNS(=O)(=O)c2cc(Cl)ccc2Cl)CCOCC1. The van der Waals surface area contributed by atoms with Crippen molar-refractivity contribution in [3.63, 3.8) is 0 Å². The van der Waals surface area contributed by atoms with Crippen molar-refractivity contribution in [2.75, 3.05) is 19.8 Å². The highest BCUT2D eigenvalue weighted by Crippen LogP contribution is 2.31. The van der Waals surface area contributed by atoms with Crippen LogP contribution in [-0.2, 0) is 19.6 Å². The van der Waals surface area contributed by atoms with Crippen molar-refractivity contribution in [1.29, 1.82) is 0 Å². The number of ether oxygens (including phenoxy) is 1. The first-order valence-electron chi connectivity index (χ1n) is 6.59. The summed E-state index contributed by atoms with van der Waals surface area (Å²) in [6.07, 6.45) is 0.738. The number of amides is 1. The van der Waals surface area contributed by atoms with Gasteiger partial charge in [-0.3, -0.25) is 4.79 Å². The van der Waals surface area contributed by atoms with Gasteiger partial charge in [-0.15, -0.1) is 0 Å². The average Bonchev–Trinajstić information content (AvgIpc) is 2.48. The minimum Gasteiger partial charge on any atom is -0.381 e. The molecule has 1 amide bonds. The van der Waals surface area contributed by atoms with E-state index in [-0.39, 0.29) is 21.5 Å². The van der Waals surface area contributed by atoms with Crippen molar-refractivity contribution < 1.29 is 17.9 Å². The summed E-state index contributed by atoms with van der Waals surface area (Å²) >= 11 is 11.7. The van der Waals surface area contributed by atoms with Gasteiger partial charge in [0.15, 0.2) is 0 Å². The summed E-state index contributed by atoms with van der Waals surface area (Å²) in [5.41, 5.74) is 4.50. The summed E-state index contributed by atoms with van der Waals surface area (Å²) in [5.74, 6) is -0.546. The van der Waals surface area contributed by atoms with Crippen LogP contribution in [0.3, 0.4) is 0 Å². The average molecular weight is 367 g/mol. The van der Waals surface area contributed by atoms with Crippen LogP contribution < -0.4 is 10.5 Å². The largest absolute Gasteiger partial charge is 0.381 e. The van der Waals surface area contributed by atoms with Crippen LogP contribution in [-0.4, -0.2) is 34.1 Å². The molecule has 0 aliphatic carbocycles. The molecular weight excluding hydrogens is 351 g/mol. The van der Waals surface area contributed by atoms with Crippen LogP contribution in [0, 0.1) is 5.41 Å². The van der Waals surface area contributed by atoms with E-state index >= 15 is 0 Å². The van der Waals surface area contributed by atoms with Crippen LogP contribution in [0.1, 0.15) is 12.8 Å². The van der Waals surface area contributed by atoms with Crippen molar-refractivity contribution in [1.82, 2.24) is 4.72 Å². The number of benzene rings is 1. The highest BCUT2D eigenvalue weighted by Gasteiger charge is 2.39. The fourth-order valence-corrected chi connectivity index (χ4v) is 4.15. The normalized spacial score (nSPS) is 18.1. The highest BCUT2D eigenvalue weighted by atomic mass is 35.5. The molecule has 1 heterocycles. The number of halogens is 2. The number of carbonyl (C=O) groups excluding carboxylic acids is 1. The minimum absolute atomic E-state index is 0.0528. The van der Waals surface area contributed by atoms with Crippen molar-refractivity contribution in [3.05, 3.63) is 28.2 Å². The van der Waals surface area contributed by atoms with Gasteiger partial charge in [0, 0.05) is 24.8 Å². The third-order valence-electron chi connectivity index (χ3n) is 3.76. The van der Waals surface area contributed by atoms with E-state index in [1.54, 1.807) is 0 Å². The van der Waals surface area contributed by atoms with Crippen LogP contribution in [0.15, 0.2) is 23.1 Å². The Morgan fingerprint density at radius 2 is 1.95 bits per heavy atom. The molecule has 3 N–H and O–H groups in total. The molecule has 0 unspecified atom stereocenters. The lowest BCUT2D eigenvalue weighted by Gasteiger charge is -2.34. The van der Waals surface area contributed by atoms with Crippen molar-refractivity contribution in [2.45, 2.75) is 17.7 Å². The molecule has 0 radical (unpaired) electrons. The number of primary amides is 1. The Balaban J connectivity index is 2.21. The first-order chi connectivity index (χ1) is 10.3. The molecule has 6 nitrogen and oxygen atoms in total. The molecule has 0 saturated carbocycles. The van der Waals surface area contributed by atoms with Gasteiger partial charge in [-0.2, -0.15) is 0 Å². The first-order valence-corrected chi connectivity index (χ1v) is 8.83. The zero-order valence-corrected chi connectivity index (χ0v) is 14.0. The van der Waals surface area contributed by atoms with E-state index in [1.165, 1.54) is 18.2 Å². The van der Waals surface area contributed by atoms with Crippen LogP contribution >= 0.6 is 23.2 Å². The lowest BCUT2D eigenvalue weighted by Crippen LogP contribution is -2.49. The third-order valence-corrected chi connectivity index (χ3v) is 5.87. The van der Waals surface area contributed by atoms with Crippen LogP contribution in [0.25, 0.3) is 0 Å². The molecule has 0 bridgehead atoms. The fraction of sp³-hybridized carbons (Fsp3) is 0.462. The molecule has 0 spiro atoms. The molecule has 2 rings (SSSR count). The number of sulfonamides is 1. The van der Waals surface area contributed by atoms with Crippen LogP contribution in [0.4, 0.5) is 0 Å². The van der Waals surface area contributed by atoms with Gasteiger partial charge >= 0.3 is 0 Å². The third kappa shape index (κ3) is 3.72. The topological polar surface area (TPSA) is 98.5 Å². The zero-order chi connectivity index (χ0) is 16.4. The Labute approximate surface area is 139 Å². The maximum atomic E-state index is 12.4. The van der Waals surface area contributed by atoms with E-state index in [1.807, 2.05) is 0 Å². The second kappa shape index (κ2) is 6.72. The Bertz CT molecular complexity index is 673. The number of nitrogens with one attached hydrogen (secondary N) is 1. The second-order valence-corrected chi connectivity index (χ2v) is 7.74. The van der Waals surface area contributed by atoms with E-state index < -0.39 is 21.3 Å². The van der Waals surface area contributed by atoms with Gasteiger partial charge in [0.1, 0.15) is 4.90 Å². The molecule has 0 atom stereocenters. The predicted octanol–water partition coefficient (Wildman–Crippen LogP) is 1.55. The summed E-state index contributed by atoms with van der Waals surface area (Å²) in [7, 11) is -3.90. The summed E-state index contributed by atoms with van der Waals surface area (Å²) in [6, 6.07) is 4.15. The van der Waals surface area contributed by atoms with Gasteiger partial charge in [-0.25, -0.2) is 13.1 Å². The monoisotopic (exact) mass is 366 g/mol. The van der Waals surface area contributed by atoms with Gasteiger partial charge in [-0.05, 0) is 31.0 Å².